The molecule has 1 aliphatic carbocycles. The van der Waals surface area contributed by atoms with Crippen molar-refractivity contribution in [2.24, 2.45) is 0 Å². The van der Waals surface area contributed by atoms with Gasteiger partial charge in [0.15, 0.2) is 0 Å². The Morgan fingerprint density at radius 3 is 2.60 bits per heavy atom. The number of halogens is 1. The average molecular weight is 288 g/mol. The molecule has 0 spiro atoms. The van der Waals surface area contributed by atoms with Gasteiger partial charge in [0, 0.05) is 22.8 Å². The van der Waals surface area contributed by atoms with Crippen molar-refractivity contribution >= 4 is 17.3 Å². The summed E-state index contributed by atoms with van der Waals surface area (Å²) in [5.74, 6) is 0.886. The molecule has 0 amide bonds. The quantitative estimate of drug-likeness (QED) is 0.857. The number of anilines is 1. The van der Waals surface area contributed by atoms with Gasteiger partial charge >= 0.3 is 0 Å². The number of phenolic OH excluding ortho intramolecular Hbond substituents is 1. The molecule has 1 fully saturated rings. The van der Waals surface area contributed by atoms with Crippen LogP contribution in [-0.2, 0) is 0 Å². The molecule has 0 aliphatic heterocycles. The van der Waals surface area contributed by atoms with E-state index in [0.717, 1.165) is 29.1 Å². The monoisotopic (exact) mass is 287 g/mol. The van der Waals surface area contributed by atoms with Gasteiger partial charge in [-0.25, -0.2) is 0 Å². The number of rotatable bonds is 3. The summed E-state index contributed by atoms with van der Waals surface area (Å²) in [5.41, 5.74) is 3.13. The molecule has 104 valence electrons. The SMILES string of the molecule is Cc1ccc(NC2CC(c3ccccc3Cl)C2)cc1O. The summed E-state index contributed by atoms with van der Waals surface area (Å²) in [6, 6.07) is 14.3. The van der Waals surface area contributed by atoms with Crippen LogP contribution in [0.4, 0.5) is 5.69 Å². The number of phenols is 1. The predicted molar refractivity (Wildman–Crippen MR) is 83.7 cm³/mol. The minimum absolute atomic E-state index is 0.344. The summed E-state index contributed by atoms with van der Waals surface area (Å²) in [7, 11) is 0. The second-order valence-electron chi connectivity index (χ2n) is 5.53. The van der Waals surface area contributed by atoms with Gasteiger partial charge < -0.3 is 10.4 Å². The predicted octanol–water partition coefficient (Wildman–Crippen LogP) is 4.71. The zero-order chi connectivity index (χ0) is 14.1. The number of hydrogen-bond donors (Lipinski definition) is 2. The van der Waals surface area contributed by atoms with Crippen molar-refractivity contribution in [2.75, 3.05) is 5.32 Å². The zero-order valence-electron chi connectivity index (χ0n) is 11.4. The van der Waals surface area contributed by atoms with E-state index in [1.54, 1.807) is 6.07 Å². The molecule has 0 aromatic heterocycles. The molecular formula is C17H18ClNO. The Balaban J connectivity index is 1.61. The molecule has 0 radical (unpaired) electrons. The molecular weight excluding hydrogens is 270 g/mol. The molecule has 0 saturated heterocycles. The summed E-state index contributed by atoms with van der Waals surface area (Å²) in [6.45, 7) is 1.90. The highest BCUT2D eigenvalue weighted by atomic mass is 35.5. The van der Waals surface area contributed by atoms with Crippen LogP contribution < -0.4 is 5.32 Å². The molecule has 2 nitrogen and oxygen atoms in total. The second kappa shape index (κ2) is 5.37. The molecule has 0 bridgehead atoms. The molecule has 20 heavy (non-hydrogen) atoms. The van der Waals surface area contributed by atoms with Crippen molar-refractivity contribution in [1.29, 1.82) is 0 Å². The first-order valence-electron chi connectivity index (χ1n) is 6.94. The van der Waals surface area contributed by atoms with E-state index in [-0.39, 0.29) is 0 Å². The van der Waals surface area contributed by atoms with Crippen LogP contribution in [-0.4, -0.2) is 11.1 Å². The minimum atomic E-state index is 0.344. The molecule has 2 aromatic carbocycles. The third kappa shape index (κ3) is 2.61. The first kappa shape index (κ1) is 13.3. The first-order valence-corrected chi connectivity index (χ1v) is 7.32. The molecule has 1 saturated carbocycles. The maximum absolute atomic E-state index is 9.71. The summed E-state index contributed by atoms with van der Waals surface area (Å²) in [6.07, 6.45) is 2.16. The van der Waals surface area contributed by atoms with E-state index >= 15 is 0 Å². The van der Waals surface area contributed by atoms with Gasteiger partial charge in [-0.05, 0) is 48.9 Å². The highest BCUT2D eigenvalue weighted by Gasteiger charge is 2.31. The highest BCUT2D eigenvalue weighted by molar-refractivity contribution is 6.31. The Morgan fingerprint density at radius 2 is 1.90 bits per heavy atom. The average Bonchev–Trinajstić information content (AvgIpc) is 2.39. The van der Waals surface area contributed by atoms with E-state index in [1.807, 2.05) is 37.3 Å². The maximum Gasteiger partial charge on any atom is 0.120 e. The van der Waals surface area contributed by atoms with Gasteiger partial charge in [0.05, 0.1) is 0 Å². The van der Waals surface area contributed by atoms with E-state index in [0.29, 0.717) is 17.7 Å². The topological polar surface area (TPSA) is 32.3 Å². The number of nitrogens with one attached hydrogen (secondary N) is 1. The third-order valence-corrected chi connectivity index (χ3v) is 4.41. The third-order valence-electron chi connectivity index (χ3n) is 4.06. The Labute approximate surface area is 124 Å². The molecule has 3 rings (SSSR count). The fraction of sp³-hybridized carbons (Fsp3) is 0.294. The van der Waals surface area contributed by atoms with E-state index in [4.69, 9.17) is 11.6 Å². The molecule has 0 heterocycles. The fourth-order valence-electron chi connectivity index (χ4n) is 2.73. The van der Waals surface area contributed by atoms with Crippen LogP contribution in [0.5, 0.6) is 5.75 Å². The van der Waals surface area contributed by atoms with Crippen LogP contribution in [0.2, 0.25) is 5.02 Å². The molecule has 2 aromatic rings. The van der Waals surface area contributed by atoms with Crippen molar-refractivity contribution in [2.45, 2.75) is 31.7 Å². The van der Waals surface area contributed by atoms with Crippen LogP contribution in [0.3, 0.4) is 0 Å². The number of hydrogen-bond acceptors (Lipinski definition) is 2. The standard InChI is InChI=1S/C17H18ClNO/c1-11-6-7-13(10-17(11)20)19-14-8-12(9-14)15-4-2-3-5-16(15)18/h2-7,10,12,14,19-20H,8-9H2,1H3. The molecule has 0 atom stereocenters. The lowest BCUT2D eigenvalue weighted by Crippen LogP contribution is -2.34. The van der Waals surface area contributed by atoms with Crippen LogP contribution in [0, 0.1) is 6.92 Å². The minimum Gasteiger partial charge on any atom is -0.508 e. The number of benzene rings is 2. The first-order chi connectivity index (χ1) is 9.63. The van der Waals surface area contributed by atoms with Crippen molar-refractivity contribution < 1.29 is 5.11 Å². The zero-order valence-corrected chi connectivity index (χ0v) is 12.2. The van der Waals surface area contributed by atoms with E-state index in [2.05, 4.69) is 11.4 Å². The lowest BCUT2D eigenvalue weighted by atomic mass is 9.76. The van der Waals surface area contributed by atoms with E-state index < -0.39 is 0 Å². The largest absolute Gasteiger partial charge is 0.508 e. The Hall–Kier alpha value is -1.67. The van der Waals surface area contributed by atoms with Crippen molar-refractivity contribution in [3.63, 3.8) is 0 Å². The summed E-state index contributed by atoms with van der Waals surface area (Å²) >= 11 is 6.22. The van der Waals surface area contributed by atoms with Crippen molar-refractivity contribution in [3.05, 3.63) is 58.6 Å². The smallest absolute Gasteiger partial charge is 0.120 e. The van der Waals surface area contributed by atoms with Crippen LogP contribution in [0.1, 0.15) is 29.9 Å². The van der Waals surface area contributed by atoms with Crippen LogP contribution in [0.25, 0.3) is 0 Å². The van der Waals surface area contributed by atoms with Crippen LogP contribution in [0.15, 0.2) is 42.5 Å². The van der Waals surface area contributed by atoms with Gasteiger partial charge in [0.2, 0.25) is 0 Å². The van der Waals surface area contributed by atoms with Gasteiger partial charge in [0.1, 0.15) is 5.75 Å². The van der Waals surface area contributed by atoms with Gasteiger partial charge in [-0.15, -0.1) is 0 Å². The summed E-state index contributed by atoms with van der Waals surface area (Å²) in [5, 5.41) is 14.0. The normalized spacial score (nSPS) is 21.3. The van der Waals surface area contributed by atoms with Crippen molar-refractivity contribution in [3.8, 4) is 5.75 Å². The Morgan fingerprint density at radius 1 is 1.15 bits per heavy atom. The van der Waals surface area contributed by atoms with E-state index in [9.17, 15) is 5.11 Å². The molecule has 3 heteroatoms. The Kier molecular flexibility index (Phi) is 3.58. The number of aryl methyl sites for hydroxylation is 1. The highest BCUT2D eigenvalue weighted by Crippen LogP contribution is 2.41. The fourth-order valence-corrected chi connectivity index (χ4v) is 3.02. The maximum atomic E-state index is 9.71. The Bertz CT molecular complexity index is 620. The second-order valence-corrected chi connectivity index (χ2v) is 5.94. The van der Waals surface area contributed by atoms with E-state index in [1.165, 1.54) is 5.56 Å². The van der Waals surface area contributed by atoms with Gasteiger partial charge in [0.25, 0.3) is 0 Å². The molecule has 1 aliphatic rings. The molecule has 0 unspecified atom stereocenters. The van der Waals surface area contributed by atoms with Crippen molar-refractivity contribution in [1.82, 2.24) is 0 Å². The summed E-state index contributed by atoms with van der Waals surface area (Å²) in [4.78, 5) is 0. The summed E-state index contributed by atoms with van der Waals surface area (Å²) < 4.78 is 0. The van der Waals surface area contributed by atoms with Gasteiger partial charge in [-0.3, -0.25) is 0 Å². The number of aromatic hydroxyl groups is 1. The lowest BCUT2D eigenvalue weighted by Gasteiger charge is -2.37. The van der Waals surface area contributed by atoms with Crippen LogP contribution >= 0.6 is 11.6 Å². The lowest BCUT2D eigenvalue weighted by molar-refractivity contribution is 0.374. The molecule has 2 N–H and O–H groups in total. The van der Waals surface area contributed by atoms with Gasteiger partial charge in [-0.1, -0.05) is 35.9 Å². The van der Waals surface area contributed by atoms with Gasteiger partial charge in [-0.2, -0.15) is 0 Å².